The molecule has 1 aliphatic heterocycles. The van der Waals surface area contributed by atoms with Crippen molar-refractivity contribution in [1.29, 1.82) is 0 Å². The SMILES string of the molecule is [CH2]CN1CC(OC(=O)O)C1. The highest BCUT2D eigenvalue weighted by Gasteiger charge is 2.28. The Hall–Kier alpha value is -0.770. The van der Waals surface area contributed by atoms with Gasteiger partial charge >= 0.3 is 6.16 Å². The molecule has 0 aromatic heterocycles. The van der Waals surface area contributed by atoms with Gasteiger partial charge in [0.1, 0.15) is 6.10 Å². The highest BCUT2D eigenvalue weighted by molar-refractivity contribution is 5.57. The van der Waals surface area contributed by atoms with Gasteiger partial charge in [0.15, 0.2) is 0 Å². The van der Waals surface area contributed by atoms with Gasteiger partial charge in [-0.15, -0.1) is 0 Å². The third kappa shape index (κ3) is 1.60. The molecule has 4 nitrogen and oxygen atoms in total. The van der Waals surface area contributed by atoms with Crippen LogP contribution in [-0.4, -0.2) is 41.9 Å². The molecular formula is C6H10NO3. The Kier molecular flexibility index (Phi) is 2.11. The van der Waals surface area contributed by atoms with Gasteiger partial charge < -0.3 is 9.84 Å². The van der Waals surface area contributed by atoms with E-state index < -0.39 is 6.16 Å². The number of carboxylic acid groups (broad SMARTS) is 1. The first-order valence-corrected chi connectivity index (χ1v) is 3.13. The summed E-state index contributed by atoms with van der Waals surface area (Å²) in [6, 6.07) is 0. The minimum absolute atomic E-state index is 0.126. The van der Waals surface area contributed by atoms with Crippen LogP contribution in [0.4, 0.5) is 4.79 Å². The van der Waals surface area contributed by atoms with Crippen molar-refractivity contribution in [3.05, 3.63) is 6.92 Å². The van der Waals surface area contributed by atoms with Crippen molar-refractivity contribution >= 4 is 6.16 Å². The first-order chi connectivity index (χ1) is 4.72. The van der Waals surface area contributed by atoms with Gasteiger partial charge in [-0.1, -0.05) is 0 Å². The first kappa shape index (κ1) is 7.34. The predicted octanol–water partition coefficient (Wildman–Crippen LogP) is 0.199. The molecule has 10 heavy (non-hydrogen) atoms. The topological polar surface area (TPSA) is 49.8 Å². The van der Waals surface area contributed by atoms with Crippen molar-refractivity contribution in [3.8, 4) is 0 Å². The molecule has 0 aromatic carbocycles. The largest absolute Gasteiger partial charge is 0.506 e. The van der Waals surface area contributed by atoms with Gasteiger partial charge in [-0.2, -0.15) is 0 Å². The summed E-state index contributed by atoms with van der Waals surface area (Å²) in [7, 11) is 0. The highest BCUT2D eigenvalue weighted by atomic mass is 16.7. The maximum absolute atomic E-state index is 9.94. The molecule has 1 saturated heterocycles. The molecule has 0 unspecified atom stereocenters. The van der Waals surface area contributed by atoms with Crippen LogP contribution in [0.3, 0.4) is 0 Å². The lowest BCUT2D eigenvalue weighted by Gasteiger charge is -2.36. The Bertz CT molecular complexity index is 131. The Balaban J connectivity index is 2.08. The number of hydrogen-bond donors (Lipinski definition) is 1. The Morgan fingerprint density at radius 3 is 2.80 bits per heavy atom. The number of carbonyl (C=O) groups is 1. The molecule has 1 aliphatic rings. The number of hydrogen-bond acceptors (Lipinski definition) is 3. The molecule has 0 bridgehead atoms. The average Bonchev–Trinajstić information content (AvgIpc) is 1.76. The Labute approximate surface area is 59.4 Å². The minimum Gasteiger partial charge on any atom is -0.450 e. The minimum atomic E-state index is -1.19. The molecule has 4 heteroatoms. The van der Waals surface area contributed by atoms with Crippen LogP contribution in [0.1, 0.15) is 0 Å². The Morgan fingerprint density at radius 2 is 2.40 bits per heavy atom. The van der Waals surface area contributed by atoms with Gasteiger partial charge in [-0.25, -0.2) is 4.79 Å². The molecule has 1 heterocycles. The summed E-state index contributed by atoms with van der Waals surface area (Å²) >= 11 is 0. The first-order valence-electron chi connectivity index (χ1n) is 3.13. The molecule has 1 rings (SSSR count). The normalized spacial score (nSPS) is 20.1. The van der Waals surface area contributed by atoms with Crippen molar-refractivity contribution < 1.29 is 14.6 Å². The van der Waals surface area contributed by atoms with Gasteiger partial charge in [-0.3, -0.25) is 4.90 Å². The maximum atomic E-state index is 9.94. The fourth-order valence-electron chi connectivity index (χ4n) is 0.922. The van der Waals surface area contributed by atoms with E-state index in [1.165, 1.54) is 0 Å². The molecule has 0 aliphatic carbocycles. The molecule has 1 radical (unpaired) electrons. The fraction of sp³-hybridized carbons (Fsp3) is 0.667. The van der Waals surface area contributed by atoms with Gasteiger partial charge in [0.25, 0.3) is 0 Å². The third-order valence-electron chi connectivity index (χ3n) is 1.51. The average molecular weight is 144 g/mol. The summed E-state index contributed by atoms with van der Waals surface area (Å²) in [5, 5.41) is 8.15. The number of rotatable bonds is 2. The lowest BCUT2D eigenvalue weighted by Crippen LogP contribution is -2.52. The summed E-state index contributed by atoms with van der Waals surface area (Å²) in [4.78, 5) is 11.9. The molecule has 0 saturated carbocycles. The second-order valence-electron chi connectivity index (χ2n) is 2.27. The quantitative estimate of drug-likeness (QED) is 0.562. The highest BCUT2D eigenvalue weighted by Crippen LogP contribution is 2.09. The van der Waals surface area contributed by atoms with E-state index in [2.05, 4.69) is 11.7 Å². The molecule has 0 aromatic rings. The molecule has 1 fully saturated rings. The van der Waals surface area contributed by atoms with Crippen molar-refractivity contribution in [3.63, 3.8) is 0 Å². The van der Waals surface area contributed by atoms with Crippen molar-refractivity contribution in [2.45, 2.75) is 6.10 Å². The van der Waals surface area contributed by atoms with Crippen LogP contribution in [0.15, 0.2) is 0 Å². The number of likely N-dealkylation sites (tertiary alicyclic amines) is 1. The number of nitrogens with zero attached hydrogens (tertiary/aromatic N) is 1. The zero-order valence-electron chi connectivity index (χ0n) is 5.62. The van der Waals surface area contributed by atoms with E-state index in [0.717, 1.165) is 6.54 Å². The van der Waals surface area contributed by atoms with Gasteiger partial charge in [-0.05, 0) is 13.5 Å². The van der Waals surface area contributed by atoms with Gasteiger partial charge in [0, 0.05) is 13.1 Å². The zero-order chi connectivity index (χ0) is 7.56. The Morgan fingerprint density at radius 1 is 1.80 bits per heavy atom. The van der Waals surface area contributed by atoms with Crippen LogP contribution in [0.2, 0.25) is 0 Å². The van der Waals surface area contributed by atoms with Crippen LogP contribution in [0.5, 0.6) is 0 Å². The zero-order valence-corrected chi connectivity index (χ0v) is 5.62. The van der Waals surface area contributed by atoms with Crippen LogP contribution in [0.25, 0.3) is 0 Å². The second-order valence-corrected chi connectivity index (χ2v) is 2.27. The van der Waals surface area contributed by atoms with Crippen LogP contribution in [-0.2, 0) is 4.74 Å². The van der Waals surface area contributed by atoms with Crippen LogP contribution >= 0.6 is 0 Å². The van der Waals surface area contributed by atoms with Crippen molar-refractivity contribution in [2.75, 3.05) is 19.6 Å². The smallest absolute Gasteiger partial charge is 0.450 e. The van der Waals surface area contributed by atoms with E-state index in [1.807, 2.05) is 4.90 Å². The molecule has 1 N–H and O–H groups in total. The fourth-order valence-corrected chi connectivity index (χ4v) is 0.922. The van der Waals surface area contributed by atoms with Crippen molar-refractivity contribution in [2.24, 2.45) is 0 Å². The molecule has 57 valence electrons. The molecule has 0 spiro atoms. The summed E-state index contributed by atoms with van der Waals surface area (Å²) < 4.78 is 4.47. The number of ether oxygens (including phenoxy) is 1. The van der Waals surface area contributed by atoms with E-state index in [1.54, 1.807) is 0 Å². The second kappa shape index (κ2) is 2.88. The van der Waals surface area contributed by atoms with E-state index in [4.69, 9.17) is 5.11 Å². The van der Waals surface area contributed by atoms with E-state index in [-0.39, 0.29) is 6.10 Å². The van der Waals surface area contributed by atoms with E-state index in [9.17, 15) is 4.79 Å². The van der Waals surface area contributed by atoms with E-state index in [0.29, 0.717) is 13.1 Å². The molecule has 0 atom stereocenters. The van der Waals surface area contributed by atoms with Gasteiger partial charge in [0.2, 0.25) is 0 Å². The van der Waals surface area contributed by atoms with Gasteiger partial charge in [0.05, 0.1) is 0 Å². The predicted molar refractivity (Wildman–Crippen MR) is 34.7 cm³/mol. The maximum Gasteiger partial charge on any atom is 0.506 e. The lowest BCUT2D eigenvalue weighted by atomic mass is 10.2. The standard InChI is InChI=1S/C6H10NO3/c1-2-7-3-5(4-7)10-6(8)9/h5H,1-4H2,(H,8,9). The van der Waals surface area contributed by atoms with E-state index >= 15 is 0 Å². The summed E-state index contributed by atoms with van der Waals surface area (Å²) in [6.45, 7) is 5.75. The molecule has 0 amide bonds. The third-order valence-corrected chi connectivity index (χ3v) is 1.51. The van der Waals surface area contributed by atoms with Crippen LogP contribution < -0.4 is 0 Å². The monoisotopic (exact) mass is 144 g/mol. The summed E-state index contributed by atoms with van der Waals surface area (Å²) in [6.07, 6.45) is -1.31. The molecular weight excluding hydrogens is 134 g/mol. The summed E-state index contributed by atoms with van der Waals surface area (Å²) in [5.74, 6) is 0. The van der Waals surface area contributed by atoms with Crippen molar-refractivity contribution in [1.82, 2.24) is 4.90 Å². The summed E-state index contributed by atoms with van der Waals surface area (Å²) in [5.41, 5.74) is 0. The van der Waals surface area contributed by atoms with Crippen LogP contribution in [0, 0.1) is 6.92 Å². The lowest BCUT2D eigenvalue weighted by molar-refractivity contribution is -0.0283.